The fourth-order valence-electron chi connectivity index (χ4n) is 2.93. The maximum absolute atomic E-state index is 12.9. The highest BCUT2D eigenvalue weighted by molar-refractivity contribution is 6.32. The number of halogens is 1. The van der Waals surface area contributed by atoms with Gasteiger partial charge in [0.2, 0.25) is 0 Å². The summed E-state index contributed by atoms with van der Waals surface area (Å²) in [6, 6.07) is 13.3. The van der Waals surface area contributed by atoms with Crippen molar-refractivity contribution in [1.82, 2.24) is 14.9 Å². The smallest absolute Gasteiger partial charge is 0.265 e. The van der Waals surface area contributed by atoms with Crippen LogP contribution < -0.4 is 15.6 Å². The first-order valence-corrected chi connectivity index (χ1v) is 9.10. The second-order valence-corrected chi connectivity index (χ2v) is 6.64. The lowest BCUT2D eigenvalue weighted by atomic mass is 10.1. The molecule has 146 valence electrons. The molecule has 4 rings (SSSR count). The van der Waals surface area contributed by atoms with Crippen molar-refractivity contribution in [2.45, 2.75) is 6.54 Å². The molecule has 0 aliphatic rings. The third-order valence-electron chi connectivity index (χ3n) is 4.44. The Kier molecular flexibility index (Phi) is 5.05. The first-order chi connectivity index (χ1) is 14.1. The first kappa shape index (κ1) is 18.8. The van der Waals surface area contributed by atoms with Gasteiger partial charge in [0.15, 0.2) is 0 Å². The Morgan fingerprint density at radius 2 is 2.10 bits per heavy atom. The number of nitrogens with one attached hydrogen (secondary N) is 1. The van der Waals surface area contributed by atoms with Crippen molar-refractivity contribution in [2.75, 3.05) is 7.11 Å². The number of hydrogen-bond donors (Lipinski definition) is 1. The van der Waals surface area contributed by atoms with Crippen molar-refractivity contribution in [2.24, 2.45) is 0 Å². The zero-order chi connectivity index (χ0) is 20.4. The van der Waals surface area contributed by atoms with Crippen molar-refractivity contribution in [3.63, 3.8) is 0 Å². The van der Waals surface area contributed by atoms with Gasteiger partial charge >= 0.3 is 0 Å². The standard InChI is InChI=1S/C21H16ClN3O4/c1-28-19-7-5-14(10-17(19)22)25-12-24-18-9-13(4-6-16(18)21(25)27)20(26)23-11-15-3-2-8-29-15/h2-10,12H,11H2,1H3,(H,23,26). The molecule has 0 saturated carbocycles. The van der Waals surface area contributed by atoms with Gasteiger partial charge in [-0.05, 0) is 48.5 Å². The molecule has 2 aromatic heterocycles. The molecule has 0 fully saturated rings. The number of furan rings is 1. The van der Waals surface area contributed by atoms with E-state index in [4.69, 9.17) is 20.8 Å². The molecule has 29 heavy (non-hydrogen) atoms. The van der Waals surface area contributed by atoms with Gasteiger partial charge in [0, 0.05) is 5.56 Å². The van der Waals surface area contributed by atoms with Gasteiger partial charge in [0.05, 0.1) is 41.5 Å². The summed E-state index contributed by atoms with van der Waals surface area (Å²) >= 11 is 6.16. The Balaban J connectivity index is 1.64. The van der Waals surface area contributed by atoms with Crippen LogP contribution in [0.1, 0.15) is 16.1 Å². The van der Waals surface area contributed by atoms with Gasteiger partial charge in [-0.25, -0.2) is 4.98 Å². The van der Waals surface area contributed by atoms with E-state index in [2.05, 4.69) is 10.3 Å². The zero-order valence-electron chi connectivity index (χ0n) is 15.4. The lowest BCUT2D eigenvalue weighted by Crippen LogP contribution is -2.23. The number of amides is 1. The summed E-state index contributed by atoms with van der Waals surface area (Å²) in [6.07, 6.45) is 2.95. The number of methoxy groups -OCH3 is 1. The number of benzene rings is 2. The number of nitrogens with zero attached hydrogens (tertiary/aromatic N) is 2. The topological polar surface area (TPSA) is 86.4 Å². The molecular weight excluding hydrogens is 394 g/mol. The Bertz CT molecular complexity index is 1250. The third-order valence-corrected chi connectivity index (χ3v) is 4.73. The highest BCUT2D eigenvalue weighted by Crippen LogP contribution is 2.26. The van der Waals surface area contributed by atoms with Crippen LogP contribution in [0.25, 0.3) is 16.6 Å². The molecule has 0 saturated heterocycles. The second-order valence-electron chi connectivity index (χ2n) is 6.23. The van der Waals surface area contributed by atoms with Crippen LogP contribution in [-0.4, -0.2) is 22.6 Å². The minimum absolute atomic E-state index is 0.265. The van der Waals surface area contributed by atoms with Crippen LogP contribution >= 0.6 is 11.6 Å². The van der Waals surface area contributed by atoms with E-state index in [1.54, 1.807) is 54.8 Å². The molecule has 0 aliphatic carbocycles. The predicted molar refractivity (Wildman–Crippen MR) is 109 cm³/mol. The highest BCUT2D eigenvalue weighted by atomic mass is 35.5. The summed E-state index contributed by atoms with van der Waals surface area (Å²) in [5.74, 6) is 0.886. The van der Waals surface area contributed by atoms with Gasteiger partial charge < -0.3 is 14.5 Å². The second kappa shape index (κ2) is 7.81. The number of carbonyl (C=O) groups is 1. The summed E-state index contributed by atoms with van der Waals surface area (Å²) in [6.45, 7) is 0.275. The Labute approximate surface area is 170 Å². The monoisotopic (exact) mass is 409 g/mol. The lowest BCUT2D eigenvalue weighted by Gasteiger charge is -2.10. The van der Waals surface area contributed by atoms with Gasteiger partial charge in [0.25, 0.3) is 11.5 Å². The van der Waals surface area contributed by atoms with Crippen LogP contribution in [0.5, 0.6) is 5.75 Å². The molecule has 8 heteroatoms. The van der Waals surface area contributed by atoms with Crippen molar-refractivity contribution in [1.29, 1.82) is 0 Å². The van der Waals surface area contributed by atoms with E-state index in [1.807, 2.05) is 0 Å². The van der Waals surface area contributed by atoms with E-state index in [-0.39, 0.29) is 18.0 Å². The average molecular weight is 410 g/mol. The SMILES string of the molecule is COc1ccc(-n2cnc3cc(C(=O)NCc4ccco4)ccc3c2=O)cc1Cl. The molecule has 2 heterocycles. The minimum Gasteiger partial charge on any atom is -0.495 e. The molecule has 7 nitrogen and oxygen atoms in total. The molecule has 1 amide bonds. The third kappa shape index (κ3) is 3.72. The normalized spacial score (nSPS) is 10.8. The summed E-state index contributed by atoms with van der Waals surface area (Å²) < 4.78 is 11.7. The molecular formula is C21H16ClN3O4. The minimum atomic E-state index is -0.281. The molecule has 0 radical (unpaired) electrons. The van der Waals surface area contributed by atoms with Gasteiger partial charge in [-0.15, -0.1) is 0 Å². The lowest BCUT2D eigenvalue weighted by molar-refractivity contribution is 0.0948. The Morgan fingerprint density at radius 1 is 1.24 bits per heavy atom. The highest BCUT2D eigenvalue weighted by Gasteiger charge is 2.12. The molecule has 0 bridgehead atoms. The maximum atomic E-state index is 12.9. The van der Waals surface area contributed by atoms with Crippen molar-refractivity contribution < 1.29 is 13.9 Å². The Morgan fingerprint density at radius 3 is 2.83 bits per heavy atom. The number of hydrogen-bond acceptors (Lipinski definition) is 5. The summed E-state index contributed by atoms with van der Waals surface area (Å²) in [5.41, 5.74) is 1.13. The number of carbonyl (C=O) groups excluding carboxylic acids is 1. The van der Waals surface area contributed by atoms with Crippen molar-refractivity contribution in [3.8, 4) is 11.4 Å². The summed E-state index contributed by atoms with van der Waals surface area (Å²) in [4.78, 5) is 29.6. The number of ether oxygens (including phenoxy) is 1. The number of fused-ring (bicyclic) bond motifs is 1. The van der Waals surface area contributed by atoms with Gasteiger partial charge in [-0.2, -0.15) is 0 Å². The van der Waals surface area contributed by atoms with Gasteiger partial charge in [0.1, 0.15) is 17.8 Å². The van der Waals surface area contributed by atoms with Crippen LogP contribution in [0.2, 0.25) is 5.02 Å². The molecule has 2 aromatic carbocycles. The average Bonchev–Trinajstić information content (AvgIpc) is 3.25. The maximum Gasteiger partial charge on any atom is 0.265 e. The van der Waals surface area contributed by atoms with E-state index in [0.29, 0.717) is 38.7 Å². The van der Waals surface area contributed by atoms with Gasteiger partial charge in [-0.1, -0.05) is 11.6 Å². The van der Waals surface area contributed by atoms with E-state index in [1.165, 1.54) is 18.0 Å². The largest absolute Gasteiger partial charge is 0.495 e. The predicted octanol–water partition coefficient (Wildman–Crippen LogP) is 3.57. The quantitative estimate of drug-likeness (QED) is 0.544. The van der Waals surface area contributed by atoms with E-state index in [0.717, 1.165) is 0 Å². The Hall–Kier alpha value is -3.58. The summed E-state index contributed by atoms with van der Waals surface area (Å²) in [7, 11) is 1.52. The molecule has 0 aliphatic heterocycles. The zero-order valence-corrected chi connectivity index (χ0v) is 16.1. The van der Waals surface area contributed by atoms with Crippen molar-refractivity contribution >= 4 is 28.4 Å². The van der Waals surface area contributed by atoms with Gasteiger partial charge in [-0.3, -0.25) is 14.2 Å². The van der Waals surface area contributed by atoms with Crippen LogP contribution in [0.15, 0.2) is 70.3 Å². The van der Waals surface area contributed by atoms with Crippen molar-refractivity contribution in [3.05, 3.63) is 87.8 Å². The van der Waals surface area contributed by atoms with Crippen LogP contribution in [0.3, 0.4) is 0 Å². The number of aromatic nitrogens is 2. The molecule has 0 unspecified atom stereocenters. The molecule has 4 aromatic rings. The van der Waals surface area contributed by atoms with Crippen LogP contribution in [0.4, 0.5) is 0 Å². The first-order valence-electron chi connectivity index (χ1n) is 8.73. The fraction of sp³-hybridized carbons (Fsp3) is 0.0952. The van der Waals surface area contributed by atoms with E-state index in [9.17, 15) is 9.59 Å². The van der Waals surface area contributed by atoms with E-state index < -0.39 is 0 Å². The fourth-order valence-corrected chi connectivity index (χ4v) is 3.19. The van der Waals surface area contributed by atoms with Crippen LogP contribution in [0, 0.1) is 0 Å². The van der Waals surface area contributed by atoms with Crippen LogP contribution in [-0.2, 0) is 6.54 Å². The van der Waals surface area contributed by atoms with E-state index >= 15 is 0 Å². The molecule has 0 atom stereocenters. The summed E-state index contributed by atoms with van der Waals surface area (Å²) in [5, 5.41) is 3.54. The number of rotatable bonds is 5. The molecule has 1 N–H and O–H groups in total. The molecule has 0 spiro atoms.